The number of benzene rings is 1. The van der Waals surface area contributed by atoms with Crippen molar-refractivity contribution in [2.75, 3.05) is 18.7 Å². The summed E-state index contributed by atoms with van der Waals surface area (Å²) in [6, 6.07) is 11.2. The largest absolute Gasteiger partial charge is 0.497 e. The molecule has 0 unspecified atom stereocenters. The molecule has 0 aliphatic rings. The summed E-state index contributed by atoms with van der Waals surface area (Å²) in [4.78, 5) is 16.1. The van der Waals surface area contributed by atoms with E-state index in [0.717, 1.165) is 16.9 Å². The lowest BCUT2D eigenvalue weighted by molar-refractivity contribution is -0.120. The van der Waals surface area contributed by atoms with Crippen LogP contribution in [0.5, 0.6) is 5.75 Å². The normalized spacial score (nSPS) is 10.6. The monoisotopic (exact) mass is 384 g/mol. The Labute approximate surface area is 161 Å². The first-order chi connectivity index (χ1) is 13.2. The van der Waals surface area contributed by atoms with Crippen LogP contribution in [0, 0.1) is 0 Å². The molecule has 0 spiro atoms. The first-order valence-electron chi connectivity index (χ1n) is 8.30. The minimum Gasteiger partial charge on any atom is -0.497 e. The summed E-state index contributed by atoms with van der Waals surface area (Å²) >= 11 is 1.38. The van der Waals surface area contributed by atoms with Gasteiger partial charge < -0.3 is 15.9 Å². The Bertz CT molecular complexity index is 883. The van der Waals surface area contributed by atoms with E-state index in [2.05, 4.69) is 20.5 Å². The summed E-state index contributed by atoms with van der Waals surface area (Å²) in [5.41, 5.74) is 1.80. The molecule has 3 N–H and O–H groups in total. The van der Waals surface area contributed by atoms with Gasteiger partial charge in [-0.3, -0.25) is 9.78 Å². The highest BCUT2D eigenvalue weighted by Crippen LogP contribution is 2.21. The zero-order valence-corrected chi connectivity index (χ0v) is 15.6. The highest BCUT2D eigenvalue weighted by atomic mass is 32.2. The van der Waals surface area contributed by atoms with E-state index in [1.807, 2.05) is 36.4 Å². The zero-order chi connectivity index (χ0) is 19.1. The minimum absolute atomic E-state index is 0.0334. The number of rotatable bonds is 8. The number of nitrogens with zero attached hydrogens (tertiary/aromatic N) is 4. The lowest BCUT2D eigenvalue weighted by Crippen LogP contribution is -2.23. The first-order valence-corrected chi connectivity index (χ1v) is 9.29. The molecule has 0 aliphatic heterocycles. The Morgan fingerprint density at radius 2 is 2.07 bits per heavy atom. The molecule has 27 heavy (non-hydrogen) atoms. The van der Waals surface area contributed by atoms with E-state index < -0.39 is 0 Å². The van der Waals surface area contributed by atoms with Crippen molar-refractivity contribution in [3.8, 4) is 17.1 Å². The molecular formula is C18H20N6O2S. The molecule has 3 rings (SSSR count). The van der Waals surface area contributed by atoms with Crippen molar-refractivity contribution < 1.29 is 9.53 Å². The second-order valence-electron chi connectivity index (χ2n) is 5.64. The molecular weight excluding hydrogens is 364 g/mol. The van der Waals surface area contributed by atoms with Crippen LogP contribution in [0.15, 0.2) is 53.9 Å². The molecule has 1 amide bonds. The molecule has 2 heterocycles. The molecule has 1 aromatic carbocycles. The lowest BCUT2D eigenvalue weighted by atomic mass is 10.2. The second kappa shape index (κ2) is 9.04. The van der Waals surface area contributed by atoms with Crippen molar-refractivity contribution in [1.82, 2.24) is 25.2 Å². The molecule has 0 radical (unpaired) electrons. The predicted octanol–water partition coefficient (Wildman–Crippen LogP) is 1.86. The molecule has 8 nitrogen and oxygen atoms in total. The number of nitrogens with two attached hydrogens (primary N) is 1. The fourth-order valence-corrected chi connectivity index (χ4v) is 3.13. The minimum atomic E-state index is -0.0334. The van der Waals surface area contributed by atoms with Crippen molar-refractivity contribution in [2.24, 2.45) is 0 Å². The molecule has 9 heteroatoms. The molecule has 0 atom stereocenters. The molecule has 3 aromatic rings. The number of hydrogen-bond acceptors (Lipinski definition) is 7. The summed E-state index contributed by atoms with van der Waals surface area (Å²) in [7, 11) is 1.62. The summed E-state index contributed by atoms with van der Waals surface area (Å²) in [5.74, 6) is 7.89. The average Bonchev–Trinajstić information content (AvgIpc) is 3.08. The lowest BCUT2D eigenvalue weighted by Gasteiger charge is -2.06. The maximum atomic E-state index is 12.0. The van der Waals surface area contributed by atoms with Crippen LogP contribution in [0.25, 0.3) is 11.4 Å². The summed E-state index contributed by atoms with van der Waals surface area (Å²) in [6.07, 6.45) is 3.71. The van der Waals surface area contributed by atoms with Gasteiger partial charge in [0.2, 0.25) is 11.1 Å². The van der Waals surface area contributed by atoms with Crippen LogP contribution in [0.1, 0.15) is 12.0 Å². The second-order valence-corrected chi connectivity index (χ2v) is 6.70. The van der Waals surface area contributed by atoms with E-state index in [0.29, 0.717) is 29.7 Å². The Kier molecular flexibility index (Phi) is 6.26. The topological polar surface area (TPSA) is 108 Å². The van der Waals surface area contributed by atoms with Crippen molar-refractivity contribution in [1.29, 1.82) is 0 Å². The van der Waals surface area contributed by atoms with Gasteiger partial charge in [0, 0.05) is 36.7 Å². The predicted molar refractivity (Wildman–Crippen MR) is 104 cm³/mol. The van der Waals surface area contributed by atoms with Crippen molar-refractivity contribution in [2.45, 2.75) is 18.1 Å². The molecule has 140 valence electrons. The Hall–Kier alpha value is -3.07. The van der Waals surface area contributed by atoms with Crippen molar-refractivity contribution >= 4 is 17.7 Å². The highest BCUT2D eigenvalue weighted by Gasteiger charge is 2.12. The van der Waals surface area contributed by atoms with Crippen LogP contribution in [0.2, 0.25) is 0 Å². The van der Waals surface area contributed by atoms with Gasteiger partial charge >= 0.3 is 0 Å². The number of carbonyl (C=O) groups is 1. The van der Waals surface area contributed by atoms with E-state index in [-0.39, 0.29) is 5.91 Å². The van der Waals surface area contributed by atoms with Crippen LogP contribution in [0.4, 0.5) is 0 Å². The zero-order valence-electron chi connectivity index (χ0n) is 14.8. The molecule has 2 aromatic heterocycles. The number of ether oxygens (including phenoxy) is 1. The Balaban J connectivity index is 1.45. The number of hydrogen-bond donors (Lipinski definition) is 2. The third-order valence-corrected chi connectivity index (χ3v) is 4.74. The SMILES string of the molecule is COc1ccc(CNC(=O)CCSc2nnc(-c3cccnc3)n2N)cc1. The van der Waals surface area contributed by atoms with Crippen LogP contribution >= 0.6 is 11.8 Å². The molecule has 0 fully saturated rings. The van der Waals surface area contributed by atoms with Crippen molar-refractivity contribution in [3.05, 3.63) is 54.4 Å². The third-order valence-electron chi connectivity index (χ3n) is 3.79. The van der Waals surface area contributed by atoms with Crippen LogP contribution in [-0.2, 0) is 11.3 Å². The van der Waals surface area contributed by atoms with Gasteiger partial charge in [0.15, 0.2) is 5.82 Å². The quantitative estimate of drug-likeness (QED) is 0.451. The number of aromatic nitrogens is 4. The van der Waals surface area contributed by atoms with Gasteiger partial charge in [0.25, 0.3) is 0 Å². The van der Waals surface area contributed by atoms with Gasteiger partial charge in [0.1, 0.15) is 5.75 Å². The van der Waals surface area contributed by atoms with Crippen LogP contribution in [-0.4, -0.2) is 38.6 Å². The van der Waals surface area contributed by atoms with Crippen LogP contribution < -0.4 is 15.9 Å². The number of amides is 1. The van der Waals surface area contributed by atoms with Gasteiger partial charge in [-0.05, 0) is 29.8 Å². The number of nitrogen functional groups attached to an aromatic ring is 1. The van der Waals surface area contributed by atoms with Gasteiger partial charge in [0.05, 0.1) is 7.11 Å². The summed E-state index contributed by atoms with van der Waals surface area (Å²) in [5, 5.41) is 11.6. The number of nitrogens with one attached hydrogen (secondary N) is 1. The smallest absolute Gasteiger partial charge is 0.221 e. The van der Waals surface area contributed by atoms with Crippen LogP contribution in [0.3, 0.4) is 0 Å². The van der Waals surface area contributed by atoms with Gasteiger partial charge in [-0.2, -0.15) is 0 Å². The van der Waals surface area contributed by atoms with Gasteiger partial charge in [-0.25, -0.2) is 4.68 Å². The average molecular weight is 384 g/mol. The highest BCUT2D eigenvalue weighted by molar-refractivity contribution is 7.99. The molecule has 0 saturated heterocycles. The van der Waals surface area contributed by atoms with Gasteiger partial charge in [-0.1, -0.05) is 23.9 Å². The molecule has 0 aliphatic carbocycles. The Morgan fingerprint density at radius 1 is 1.26 bits per heavy atom. The summed E-state index contributed by atoms with van der Waals surface area (Å²) < 4.78 is 6.53. The fraction of sp³-hybridized carbons (Fsp3) is 0.222. The maximum Gasteiger partial charge on any atom is 0.221 e. The standard InChI is InChI=1S/C18H20N6O2S/c1-26-15-6-4-13(5-7-15)11-21-16(25)8-10-27-18-23-22-17(24(18)19)14-3-2-9-20-12-14/h2-7,9,12H,8,10-11,19H2,1H3,(H,21,25). The summed E-state index contributed by atoms with van der Waals surface area (Å²) in [6.45, 7) is 0.478. The fourth-order valence-electron chi connectivity index (χ4n) is 2.33. The third kappa shape index (κ3) is 4.98. The van der Waals surface area contributed by atoms with Gasteiger partial charge in [-0.15, -0.1) is 10.2 Å². The molecule has 0 saturated carbocycles. The Morgan fingerprint density at radius 3 is 2.78 bits per heavy atom. The maximum absolute atomic E-state index is 12.0. The number of thioether (sulfide) groups is 1. The van der Waals surface area contributed by atoms with E-state index in [1.165, 1.54) is 16.4 Å². The number of carbonyl (C=O) groups excluding carboxylic acids is 1. The van der Waals surface area contributed by atoms with Crippen molar-refractivity contribution in [3.63, 3.8) is 0 Å². The van der Waals surface area contributed by atoms with E-state index in [9.17, 15) is 4.79 Å². The van der Waals surface area contributed by atoms with E-state index in [1.54, 1.807) is 19.5 Å². The first kappa shape index (κ1) is 18.7. The molecule has 0 bridgehead atoms. The van der Waals surface area contributed by atoms with E-state index >= 15 is 0 Å². The number of pyridine rings is 1. The van der Waals surface area contributed by atoms with E-state index in [4.69, 9.17) is 10.6 Å². The number of methoxy groups -OCH3 is 1.